The molecule has 17 heavy (non-hydrogen) atoms. The average molecular weight is 234 g/mol. The topological polar surface area (TPSA) is 41.1 Å². The lowest BCUT2D eigenvalue weighted by Gasteiger charge is -2.17. The summed E-state index contributed by atoms with van der Waals surface area (Å²) in [7, 11) is 1.65. The Morgan fingerprint density at radius 1 is 1.41 bits per heavy atom. The molecule has 0 aliphatic carbocycles. The minimum atomic E-state index is -0.0331. The van der Waals surface area contributed by atoms with Crippen molar-refractivity contribution in [2.24, 2.45) is 0 Å². The number of hydrogen-bond acceptors (Lipinski definition) is 2. The molecule has 1 aromatic carbocycles. The number of carbonyl (C=O) groups excluding carboxylic acids is 1. The lowest BCUT2D eigenvalue weighted by atomic mass is 10.0. The van der Waals surface area contributed by atoms with Gasteiger partial charge in [-0.1, -0.05) is 19.4 Å². The van der Waals surface area contributed by atoms with Gasteiger partial charge in [0.25, 0.3) is 5.91 Å². The van der Waals surface area contributed by atoms with E-state index in [9.17, 15) is 4.79 Å². The van der Waals surface area contributed by atoms with Gasteiger partial charge >= 0.3 is 0 Å². The highest BCUT2D eigenvalue weighted by Gasteiger charge is 2.11. The Balaban J connectivity index is 2.90. The Kier molecular flexibility index (Phi) is 5.01. The number of nitrogens with one attached hydrogen (secondary N) is 2. The van der Waals surface area contributed by atoms with Crippen LogP contribution in [0.4, 0.5) is 5.69 Å². The van der Waals surface area contributed by atoms with E-state index >= 15 is 0 Å². The van der Waals surface area contributed by atoms with E-state index in [2.05, 4.69) is 24.5 Å². The molecule has 0 aliphatic rings. The molecule has 0 saturated heterocycles. The molecule has 3 heteroatoms. The summed E-state index contributed by atoms with van der Waals surface area (Å²) < 4.78 is 0. The predicted molar refractivity (Wildman–Crippen MR) is 72.6 cm³/mol. The van der Waals surface area contributed by atoms with E-state index < -0.39 is 0 Å². The molecule has 0 bridgehead atoms. The molecule has 1 atom stereocenters. The number of rotatable bonds is 5. The second-order valence-corrected chi connectivity index (χ2v) is 4.39. The first-order valence-electron chi connectivity index (χ1n) is 6.18. The number of carbonyl (C=O) groups is 1. The van der Waals surface area contributed by atoms with Crippen molar-refractivity contribution in [2.75, 3.05) is 12.4 Å². The molecule has 1 amide bonds. The van der Waals surface area contributed by atoms with Crippen molar-refractivity contribution in [3.05, 3.63) is 29.3 Å². The molecule has 0 radical (unpaired) electrons. The summed E-state index contributed by atoms with van der Waals surface area (Å²) in [5.74, 6) is -0.0331. The second-order valence-electron chi connectivity index (χ2n) is 4.39. The van der Waals surface area contributed by atoms with E-state index in [4.69, 9.17) is 0 Å². The van der Waals surface area contributed by atoms with Crippen molar-refractivity contribution in [1.29, 1.82) is 0 Å². The summed E-state index contributed by atoms with van der Waals surface area (Å²) in [5.41, 5.74) is 2.79. The zero-order valence-electron chi connectivity index (χ0n) is 11.1. The van der Waals surface area contributed by atoms with Gasteiger partial charge in [0.05, 0.1) is 0 Å². The van der Waals surface area contributed by atoms with Gasteiger partial charge in [-0.05, 0) is 38.0 Å². The van der Waals surface area contributed by atoms with Crippen LogP contribution in [-0.4, -0.2) is 19.0 Å². The Hall–Kier alpha value is -1.51. The molecule has 3 nitrogen and oxygen atoms in total. The van der Waals surface area contributed by atoms with Gasteiger partial charge in [-0.25, -0.2) is 0 Å². The van der Waals surface area contributed by atoms with Crippen LogP contribution in [0.25, 0.3) is 0 Å². The Labute approximate surface area is 104 Å². The molecule has 0 aromatic heterocycles. The monoisotopic (exact) mass is 234 g/mol. The lowest BCUT2D eigenvalue weighted by molar-refractivity contribution is 0.0962. The van der Waals surface area contributed by atoms with Crippen molar-refractivity contribution in [3.8, 4) is 0 Å². The van der Waals surface area contributed by atoms with E-state index in [1.54, 1.807) is 7.05 Å². The third-order valence-corrected chi connectivity index (χ3v) is 2.93. The summed E-state index contributed by atoms with van der Waals surface area (Å²) in [4.78, 5) is 11.7. The molecule has 0 saturated carbocycles. The first-order chi connectivity index (χ1) is 8.10. The zero-order chi connectivity index (χ0) is 12.8. The number of anilines is 1. The molecular weight excluding hydrogens is 212 g/mol. The van der Waals surface area contributed by atoms with Crippen LogP contribution >= 0.6 is 0 Å². The van der Waals surface area contributed by atoms with E-state index in [1.807, 2.05) is 25.1 Å². The first-order valence-corrected chi connectivity index (χ1v) is 6.18. The van der Waals surface area contributed by atoms with Crippen LogP contribution in [0.1, 0.15) is 42.6 Å². The second kappa shape index (κ2) is 6.28. The van der Waals surface area contributed by atoms with Crippen molar-refractivity contribution < 1.29 is 4.79 Å². The van der Waals surface area contributed by atoms with Crippen LogP contribution in [0.5, 0.6) is 0 Å². The van der Waals surface area contributed by atoms with Gasteiger partial charge in [0, 0.05) is 24.3 Å². The van der Waals surface area contributed by atoms with Crippen molar-refractivity contribution in [2.45, 2.75) is 39.7 Å². The van der Waals surface area contributed by atoms with Gasteiger partial charge in [-0.2, -0.15) is 0 Å². The fourth-order valence-electron chi connectivity index (χ4n) is 1.94. The minimum absolute atomic E-state index is 0.0331. The van der Waals surface area contributed by atoms with Crippen molar-refractivity contribution >= 4 is 11.6 Å². The molecule has 0 aliphatic heterocycles. The van der Waals surface area contributed by atoms with E-state index in [1.165, 1.54) is 0 Å². The van der Waals surface area contributed by atoms with Crippen molar-refractivity contribution in [3.63, 3.8) is 0 Å². The Morgan fingerprint density at radius 2 is 2.12 bits per heavy atom. The van der Waals surface area contributed by atoms with E-state index in [0.717, 1.165) is 29.7 Å². The summed E-state index contributed by atoms with van der Waals surface area (Å²) in [6, 6.07) is 6.22. The molecule has 0 spiro atoms. The van der Waals surface area contributed by atoms with Gasteiger partial charge in [0.1, 0.15) is 0 Å². The van der Waals surface area contributed by atoms with Crippen LogP contribution in [0.3, 0.4) is 0 Å². The van der Waals surface area contributed by atoms with Crippen LogP contribution in [0.15, 0.2) is 18.2 Å². The molecule has 94 valence electrons. The van der Waals surface area contributed by atoms with Crippen LogP contribution in [0.2, 0.25) is 0 Å². The van der Waals surface area contributed by atoms with Gasteiger partial charge in [0.15, 0.2) is 0 Å². The maximum atomic E-state index is 11.7. The third kappa shape index (κ3) is 3.48. The molecule has 0 fully saturated rings. The highest BCUT2D eigenvalue weighted by atomic mass is 16.1. The molecular formula is C14H22N2O. The standard InChI is InChI=1S/C14H22N2O/c1-5-7-10(2)16-13-9-6-8-12(11(13)3)14(17)15-4/h6,8-10,16H,5,7H2,1-4H3,(H,15,17). The van der Waals surface area contributed by atoms with Gasteiger partial charge < -0.3 is 10.6 Å². The quantitative estimate of drug-likeness (QED) is 0.822. The molecule has 1 aromatic rings. The summed E-state index contributed by atoms with van der Waals surface area (Å²) >= 11 is 0. The lowest BCUT2D eigenvalue weighted by Crippen LogP contribution is -2.21. The average Bonchev–Trinajstić information content (AvgIpc) is 2.31. The number of hydrogen-bond donors (Lipinski definition) is 2. The summed E-state index contributed by atoms with van der Waals surface area (Å²) in [6.07, 6.45) is 2.28. The maximum absolute atomic E-state index is 11.7. The van der Waals surface area contributed by atoms with Gasteiger partial charge in [-0.15, -0.1) is 0 Å². The van der Waals surface area contributed by atoms with Gasteiger partial charge in [0.2, 0.25) is 0 Å². The largest absolute Gasteiger partial charge is 0.382 e. The first kappa shape index (κ1) is 13.6. The minimum Gasteiger partial charge on any atom is -0.382 e. The highest BCUT2D eigenvalue weighted by Crippen LogP contribution is 2.20. The summed E-state index contributed by atoms with van der Waals surface area (Å²) in [5, 5.41) is 6.11. The Bertz CT molecular complexity index is 388. The molecule has 0 heterocycles. The smallest absolute Gasteiger partial charge is 0.251 e. The Morgan fingerprint density at radius 3 is 2.71 bits per heavy atom. The third-order valence-electron chi connectivity index (χ3n) is 2.93. The van der Waals surface area contributed by atoms with Crippen LogP contribution in [0, 0.1) is 6.92 Å². The van der Waals surface area contributed by atoms with E-state index in [0.29, 0.717) is 6.04 Å². The fraction of sp³-hybridized carbons (Fsp3) is 0.500. The zero-order valence-corrected chi connectivity index (χ0v) is 11.1. The van der Waals surface area contributed by atoms with Gasteiger partial charge in [-0.3, -0.25) is 4.79 Å². The number of amides is 1. The maximum Gasteiger partial charge on any atom is 0.251 e. The molecule has 2 N–H and O–H groups in total. The van der Waals surface area contributed by atoms with Crippen molar-refractivity contribution in [1.82, 2.24) is 5.32 Å². The normalized spacial score (nSPS) is 12.0. The summed E-state index contributed by atoms with van der Waals surface area (Å²) in [6.45, 7) is 6.31. The molecule has 1 rings (SSSR count). The SMILES string of the molecule is CCCC(C)Nc1cccc(C(=O)NC)c1C. The fourth-order valence-corrected chi connectivity index (χ4v) is 1.94. The molecule has 1 unspecified atom stereocenters. The van der Waals surface area contributed by atoms with E-state index in [-0.39, 0.29) is 5.91 Å². The highest BCUT2D eigenvalue weighted by molar-refractivity contribution is 5.96. The van der Waals surface area contributed by atoms with Crippen LogP contribution in [-0.2, 0) is 0 Å². The predicted octanol–water partition coefficient (Wildman–Crippen LogP) is 2.96. The van der Waals surface area contributed by atoms with Crippen LogP contribution < -0.4 is 10.6 Å². The number of benzene rings is 1.